The van der Waals surface area contributed by atoms with Crippen LogP contribution in [-0.4, -0.2) is 10.2 Å². The maximum atomic E-state index is 12.7. The van der Waals surface area contributed by atoms with E-state index in [1.807, 2.05) is 48.5 Å². The van der Waals surface area contributed by atoms with Crippen LogP contribution >= 0.6 is 0 Å². The lowest BCUT2D eigenvalue weighted by atomic mass is 10.1. The Kier molecular flexibility index (Phi) is 4.38. The zero-order valence-corrected chi connectivity index (χ0v) is 14.8. The molecule has 0 saturated carbocycles. The lowest BCUT2D eigenvalue weighted by Gasteiger charge is -2.27. The van der Waals surface area contributed by atoms with E-state index in [4.69, 9.17) is 0 Å². The fraction of sp³-hybridized carbons (Fsp3) is 0.100. The third-order valence-electron chi connectivity index (χ3n) is 4.37. The molecule has 1 aromatic heterocycles. The Morgan fingerprint density at radius 2 is 1.86 bits per heavy atom. The summed E-state index contributed by atoms with van der Waals surface area (Å²) >= 11 is 0. The van der Waals surface area contributed by atoms with Crippen molar-refractivity contribution in [3.05, 3.63) is 78.3 Å². The van der Waals surface area contributed by atoms with Gasteiger partial charge in [0.15, 0.2) is 5.82 Å². The summed E-state index contributed by atoms with van der Waals surface area (Å²) in [5.41, 5.74) is 4.93. The smallest absolute Gasteiger partial charge is 0.338 e. The molecule has 28 heavy (non-hydrogen) atoms. The third kappa shape index (κ3) is 3.48. The maximum absolute atomic E-state index is 12.7. The van der Waals surface area contributed by atoms with Gasteiger partial charge in [0.25, 0.3) is 0 Å². The van der Waals surface area contributed by atoms with Crippen LogP contribution in [0.4, 0.5) is 30.4 Å². The first kappa shape index (κ1) is 17.8. The Hall–Kier alpha value is -3.55. The Morgan fingerprint density at radius 1 is 1.07 bits per heavy atom. The van der Waals surface area contributed by atoms with Gasteiger partial charge in [-0.1, -0.05) is 0 Å². The fourth-order valence-corrected chi connectivity index (χ4v) is 2.95. The molecule has 0 bridgehead atoms. The van der Waals surface area contributed by atoms with Gasteiger partial charge in [0.2, 0.25) is 0 Å². The predicted molar refractivity (Wildman–Crippen MR) is 103 cm³/mol. The van der Waals surface area contributed by atoms with Crippen molar-refractivity contribution < 1.29 is 13.2 Å². The largest absolute Gasteiger partial charge is 0.416 e. The van der Waals surface area contributed by atoms with Gasteiger partial charge in [-0.05, 0) is 61.5 Å². The summed E-state index contributed by atoms with van der Waals surface area (Å²) in [4.78, 5) is 0. The number of hydrazine groups is 1. The van der Waals surface area contributed by atoms with E-state index in [9.17, 15) is 13.2 Å². The van der Waals surface area contributed by atoms with Crippen molar-refractivity contribution in [2.24, 2.45) is 0 Å². The summed E-state index contributed by atoms with van der Waals surface area (Å²) in [5.74, 6) is 0.475. The average molecular weight is 383 g/mol. The second-order valence-electron chi connectivity index (χ2n) is 6.30. The molecule has 0 spiro atoms. The fourth-order valence-electron chi connectivity index (χ4n) is 2.95. The number of alkyl halides is 3. The minimum atomic E-state index is -4.36. The lowest BCUT2D eigenvalue weighted by molar-refractivity contribution is -0.137. The molecule has 0 radical (unpaired) electrons. The Labute approximate surface area is 159 Å². The van der Waals surface area contributed by atoms with Gasteiger partial charge in [0.1, 0.15) is 0 Å². The van der Waals surface area contributed by atoms with Gasteiger partial charge < -0.3 is 10.7 Å². The van der Waals surface area contributed by atoms with Crippen molar-refractivity contribution in [2.75, 3.05) is 10.3 Å². The third-order valence-corrected chi connectivity index (χ3v) is 4.37. The molecule has 0 atom stereocenters. The zero-order valence-electron chi connectivity index (χ0n) is 14.8. The Balaban J connectivity index is 1.63. The molecule has 2 heterocycles. The Bertz CT molecular complexity index is 1070. The van der Waals surface area contributed by atoms with E-state index in [-0.39, 0.29) is 0 Å². The molecule has 0 amide bonds. The van der Waals surface area contributed by atoms with Gasteiger partial charge in [-0.15, -0.1) is 5.10 Å². The predicted octanol–water partition coefficient (Wildman–Crippen LogP) is 5.13. The van der Waals surface area contributed by atoms with Crippen LogP contribution in [0.3, 0.4) is 0 Å². The minimum Gasteiger partial charge on any atom is -0.338 e. The zero-order chi connectivity index (χ0) is 19.7. The molecule has 0 aliphatic carbocycles. The van der Waals surface area contributed by atoms with Crippen molar-refractivity contribution in [1.29, 1.82) is 0 Å². The first-order valence-electron chi connectivity index (χ1n) is 8.51. The maximum Gasteiger partial charge on any atom is 0.416 e. The monoisotopic (exact) mass is 383 g/mol. The van der Waals surface area contributed by atoms with Crippen molar-refractivity contribution >= 4 is 28.0 Å². The van der Waals surface area contributed by atoms with Gasteiger partial charge in [0.05, 0.1) is 17.4 Å². The molecule has 4 rings (SSSR count). The topological polar surface area (TPSA) is 53.1 Å². The molecule has 0 fully saturated rings. The van der Waals surface area contributed by atoms with Crippen LogP contribution in [0.25, 0.3) is 10.8 Å². The molecule has 8 heteroatoms. The SMILES string of the molecule is CC1=CC=CNN1c1ccc2c(Nc3ccc(C(F)(F)F)cc3)nncc2c1. The van der Waals surface area contributed by atoms with E-state index in [1.54, 1.807) is 6.20 Å². The van der Waals surface area contributed by atoms with Crippen LogP contribution in [0.15, 0.2) is 72.7 Å². The standard InChI is InChI=1S/C20H16F3N5/c1-13-3-2-10-25-28(13)17-8-9-18-14(11-17)12-24-27-19(18)26-16-6-4-15(5-7-16)20(21,22)23/h2-12,25H,1H3,(H,26,27). The summed E-state index contributed by atoms with van der Waals surface area (Å²) in [6.45, 7) is 1.99. The lowest BCUT2D eigenvalue weighted by Crippen LogP contribution is -2.33. The first-order chi connectivity index (χ1) is 13.4. The van der Waals surface area contributed by atoms with Gasteiger partial charge in [-0.3, -0.25) is 5.01 Å². The van der Waals surface area contributed by atoms with Crippen LogP contribution in [0.5, 0.6) is 0 Å². The highest BCUT2D eigenvalue weighted by Crippen LogP contribution is 2.32. The van der Waals surface area contributed by atoms with Gasteiger partial charge in [-0.2, -0.15) is 18.3 Å². The molecule has 0 unspecified atom stereocenters. The highest BCUT2D eigenvalue weighted by atomic mass is 19.4. The van der Waals surface area contributed by atoms with E-state index >= 15 is 0 Å². The molecular weight excluding hydrogens is 367 g/mol. The normalized spacial score (nSPS) is 14.0. The summed E-state index contributed by atoms with van der Waals surface area (Å²) in [5, 5.41) is 14.7. The summed E-state index contributed by atoms with van der Waals surface area (Å²) in [6.07, 6.45) is 3.03. The van der Waals surface area contributed by atoms with Crippen LogP contribution in [0, 0.1) is 0 Å². The van der Waals surface area contributed by atoms with E-state index in [0.29, 0.717) is 11.5 Å². The second-order valence-corrected chi connectivity index (χ2v) is 6.30. The van der Waals surface area contributed by atoms with Crippen molar-refractivity contribution in [2.45, 2.75) is 13.1 Å². The number of rotatable bonds is 3. The Morgan fingerprint density at radius 3 is 2.57 bits per heavy atom. The number of benzene rings is 2. The number of hydrogen-bond acceptors (Lipinski definition) is 5. The highest BCUT2D eigenvalue weighted by Gasteiger charge is 2.29. The molecule has 5 nitrogen and oxygen atoms in total. The second kappa shape index (κ2) is 6.88. The minimum absolute atomic E-state index is 0.475. The van der Waals surface area contributed by atoms with Crippen LogP contribution in [-0.2, 0) is 6.18 Å². The number of nitrogens with zero attached hydrogens (tertiary/aromatic N) is 3. The molecule has 2 aromatic carbocycles. The van der Waals surface area contributed by atoms with Crippen molar-refractivity contribution in [3.63, 3.8) is 0 Å². The number of aromatic nitrogens is 2. The number of fused-ring (bicyclic) bond motifs is 1. The van der Waals surface area contributed by atoms with Gasteiger partial charge >= 0.3 is 6.18 Å². The number of halogens is 3. The van der Waals surface area contributed by atoms with E-state index in [1.165, 1.54) is 12.1 Å². The van der Waals surface area contributed by atoms with Crippen molar-refractivity contribution in [3.8, 4) is 0 Å². The molecule has 3 aromatic rings. The molecule has 2 N–H and O–H groups in total. The van der Waals surface area contributed by atoms with Gasteiger partial charge in [0, 0.05) is 28.4 Å². The highest BCUT2D eigenvalue weighted by molar-refractivity contribution is 5.94. The molecule has 0 saturated heterocycles. The first-order valence-corrected chi connectivity index (χ1v) is 8.51. The summed E-state index contributed by atoms with van der Waals surface area (Å²) < 4.78 is 38.1. The van der Waals surface area contributed by atoms with Gasteiger partial charge in [-0.25, -0.2) is 0 Å². The molecule has 1 aliphatic rings. The molecular formula is C20H16F3N5. The van der Waals surface area contributed by atoms with Crippen LogP contribution in [0.2, 0.25) is 0 Å². The summed E-state index contributed by atoms with van der Waals surface area (Å²) in [7, 11) is 0. The van der Waals surface area contributed by atoms with Crippen LogP contribution < -0.4 is 15.8 Å². The van der Waals surface area contributed by atoms with Crippen molar-refractivity contribution in [1.82, 2.24) is 15.6 Å². The molecule has 142 valence electrons. The number of nitrogens with one attached hydrogen (secondary N) is 2. The van der Waals surface area contributed by atoms with E-state index in [0.717, 1.165) is 34.3 Å². The van der Waals surface area contributed by atoms with Crippen LogP contribution in [0.1, 0.15) is 12.5 Å². The average Bonchev–Trinajstić information content (AvgIpc) is 2.68. The number of hydrogen-bond donors (Lipinski definition) is 2. The number of anilines is 3. The quantitative estimate of drug-likeness (QED) is 0.656. The molecule has 1 aliphatic heterocycles. The summed E-state index contributed by atoms with van der Waals surface area (Å²) in [6, 6.07) is 10.6. The van der Waals surface area contributed by atoms with E-state index < -0.39 is 11.7 Å². The van der Waals surface area contributed by atoms with E-state index in [2.05, 4.69) is 20.9 Å². The number of allylic oxidation sites excluding steroid dienone is 3.